The van der Waals surface area contributed by atoms with E-state index >= 15 is 0 Å². The van der Waals surface area contributed by atoms with Gasteiger partial charge in [-0.05, 0) is 55.0 Å². The molecule has 0 aliphatic carbocycles. The van der Waals surface area contributed by atoms with Crippen LogP contribution in [0.4, 0.5) is 4.39 Å². The summed E-state index contributed by atoms with van der Waals surface area (Å²) in [6.45, 7) is 0.207. The summed E-state index contributed by atoms with van der Waals surface area (Å²) in [4.78, 5) is 16.5. The van der Waals surface area contributed by atoms with Gasteiger partial charge in [0.25, 0.3) is 0 Å². The van der Waals surface area contributed by atoms with Crippen LogP contribution in [0.5, 0.6) is 5.75 Å². The zero-order valence-electron chi connectivity index (χ0n) is 17.0. The normalized spacial score (nSPS) is 11.3. The standard InChI is InChI=1S/C23H20FN3O3S2/c24-16-7-9-17(10-8-16)29-15-19-12-11-18(30-19)14-25-27-22(28)6-3-13-31-23-26-20-4-1-2-5-21(20)32-23/h1-2,4-5,7-12,14H,3,6,13,15H2,(H,27,28)/b25-14-. The van der Waals surface area contributed by atoms with E-state index in [0.717, 1.165) is 22.0 Å². The molecule has 0 fully saturated rings. The van der Waals surface area contributed by atoms with Crippen LogP contribution in [0.1, 0.15) is 24.4 Å². The summed E-state index contributed by atoms with van der Waals surface area (Å²) in [5.41, 5.74) is 3.51. The number of ether oxygens (including phenoxy) is 1. The zero-order valence-corrected chi connectivity index (χ0v) is 18.6. The van der Waals surface area contributed by atoms with Crippen molar-refractivity contribution >= 4 is 45.4 Å². The summed E-state index contributed by atoms with van der Waals surface area (Å²) in [7, 11) is 0. The van der Waals surface area contributed by atoms with Crippen LogP contribution < -0.4 is 10.2 Å². The quantitative estimate of drug-likeness (QED) is 0.141. The van der Waals surface area contributed by atoms with E-state index in [1.54, 1.807) is 47.4 Å². The number of thiazole rings is 1. The molecule has 2 aromatic carbocycles. The number of carbonyl (C=O) groups is 1. The molecule has 0 spiro atoms. The number of halogens is 1. The Labute approximate surface area is 192 Å². The van der Waals surface area contributed by atoms with E-state index in [4.69, 9.17) is 9.15 Å². The van der Waals surface area contributed by atoms with E-state index in [2.05, 4.69) is 21.6 Å². The molecule has 4 aromatic rings. The van der Waals surface area contributed by atoms with Crippen molar-refractivity contribution < 1.29 is 18.3 Å². The summed E-state index contributed by atoms with van der Waals surface area (Å²) < 4.78 is 26.2. The molecule has 9 heteroatoms. The summed E-state index contributed by atoms with van der Waals surface area (Å²) >= 11 is 3.32. The van der Waals surface area contributed by atoms with Crippen LogP contribution in [0.3, 0.4) is 0 Å². The molecule has 0 unspecified atom stereocenters. The lowest BCUT2D eigenvalue weighted by Gasteiger charge is -2.03. The molecule has 164 valence electrons. The first kappa shape index (κ1) is 22.0. The Hall–Kier alpha value is -3.17. The summed E-state index contributed by atoms with van der Waals surface area (Å²) in [6, 6.07) is 17.3. The number of fused-ring (bicyclic) bond motifs is 1. The number of nitrogens with one attached hydrogen (secondary N) is 1. The molecular weight excluding hydrogens is 449 g/mol. The fourth-order valence-corrected chi connectivity index (χ4v) is 4.83. The van der Waals surface area contributed by atoms with Crippen molar-refractivity contribution in [3.63, 3.8) is 0 Å². The van der Waals surface area contributed by atoms with Gasteiger partial charge in [0.1, 0.15) is 29.7 Å². The van der Waals surface area contributed by atoms with E-state index in [9.17, 15) is 9.18 Å². The third-order valence-electron chi connectivity index (χ3n) is 4.31. The number of carbonyl (C=O) groups excluding carboxylic acids is 1. The lowest BCUT2D eigenvalue weighted by Crippen LogP contribution is -2.17. The lowest BCUT2D eigenvalue weighted by molar-refractivity contribution is -0.121. The molecule has 0 radical (unpaired) electrons. The first-order chi connectivity index (χ1) is 15.7. The molecule has 4 rings (SSSR count). The molecule has 2 heterocycles. The predicted octanol–water partition coefficient (Wildman–Crippen LogP) is 5.63. The monoisotopic (exact) mass is 469 g/mol. The highest BCUT2D eigenvalue weighted by molar-refractivity contribution is 8.01. The molecule has 2 aromatic heterocycles. The summed E-state index contributed by atoms with van der Waals surface area (Å²) in [5.74, 6) is 1.97. The molecule has 0 bridgehead atoms. The van der Waals surface area contributed by atoms with Crippen LogP contribution >= 0.6 is 23.1 Å². The Morgan fingerprint density at radius 3 is 2.88 bits per heavy atom. The summed E-state index contributed by atoms with van der Waals surface area (Å²) in [6.07, 6.45) is 2.55. The first-order valence-corrected chi connectivity index (χ1v) is 11.7. The number of hydrazone groups is 1. The van der Waals surface area contributed by atoms with Crippen LogP contribution in [-0.4, -0.2) is 22.9 Å². The average molecular weight is 470 g/mol. The van der Waals surface area contributed by atoms with Crippen molar-refractivity contribution in [3.8, 4) is 5.75 Å². The van der Waals surface area contributed by atoms with Gasteiger partial charge in [-0.1, -0.05) is 23.9 Å². The van der Waals surface area contributed by atoms with Crippen LogP contribution in [-0.2, 0) is 11.4 Å². The number of thioether (sulfide) groups is 1. The maximum absolute atomic E-state index is 12.9. The molecular formula is C23H20FN3O3S2. The second kappa shape index (κ2) is 10.9. The molecule has 0 aliphatic heterocycles. The van der Waals surface area contributed by atoms with Gasteiger partial charge < -0.3 is 9.15 Å². The van der Waals surface area contributed by atoms with Crippen LogP contribution in [0.15, 0.2) is 74.5 Å². The highest BCUT2D eigenvalue weighted by atomic mass is 32.2. The topological polar surface area (TPSA) is 76.7 Å². The van der Waals surface area contributed by atoms with Crippen LogP contribution in [0.2, 0.25) is 0 Å². The van der Waals surface area contributed by atoms with Gasteiger partial charge in [0.05, 0.1) is 16.4 Å². The van der Waals surface area contributed by atoms with Crippen LogP contribution in [0, 0.1) is 5.82 Å². The van der Waals surface area contributed by atoms with Crippen molar-refractivity contribution in [2.75, 3.05) is 5.75 Å². The van der Waals surface area contributed by atoms with E-state index in [1.807, 2.05) is 18.2 Å². The number of benzene rings is 2. The highest BCUT2D eigenvalue weighted by Gasteiger charge is 2.06. The fourth-order valence-electron chi connectivity index (χ4n) is 2.76. The van der Waals surface area contributed by atoms with Gasteiger partial charge in [0.15, 0.2) is 4.34 Å². The van der Waals surface area contributed by atoms with Crippen molar-refractivity contribution in [1.29, 1.82) is 0 Å². The van der Waals surface area contributed by atoms with Gasteiger partial charge in [0.2, 0.25) is 5.91 Å². The number of rotatable bonds is 10. The fraction of sp³-hybridized carbons (Fsp3) is 0.174. The lowest BCUT2D eigenvalue weighted by atomic mass is 10.3. The molecule has 0 aliphatic rings. The van der Waals surface area contributed by atoms with E-state index in [0.29, 0.717) is 23.7 Å². The zero-order chi connectivity index (χ0) is 22.2. The first-order valence-electron chi connectivity index (χ1n) is 9.93. The molecule has 0 atom stereocenters. The minimum atomic E-state index is -0.317. The van der Waals surface area contributed by atoms with Gasteiger partial charge in [-0.2, -0.15) is 5.10 Å². The van der Waals surface area contributed by atoms with Crippen molar-refractivity contribution in [2.45, 2.75) is 23.8 Å². The smallest absolute Gasteiger partial charge is 0.240 e. The Kier molecular flexibility index (Phi) is 7.52. The third-order valence-corrected chi connectivity index (χ3v) is 6.57. The van der Waals surface area contributed by atoms with E-state index < -0.39 is 0 Å². The molecule has 1 amide bonds. The second-order valence-electron chi connectivity index (χ2n) is 6.74. The Bertz CT molecular complexity index is 1170. The SMILES string of the molecule is O=C(CCCSc1nc2ccccc2s1)N/N=C\c1ccc(COc2ccc(F)cc2)o1. The number of furan rings is 1. The average Bonchev–Trinajstić information content (AvgIpc) is 3.43. The van der Waals surface area contributed by atoms with Gasteiger partial charge in [0, 0.05) is 12.2 Å². The number of aromatic nitrogens is 1. The van der Waals surface area contributed by atoms with Gasteiger partial charge in [-0.25, -0.2) is 14.8 Å². The van der Waals surface area contributed by atoms with Gasteiger partial charge in [-0.15, -0.1) is 11.3 Å². The van der Waals surface area contributed by atoms with Crippen molar-refractivity contribution in [2.24, 2.45) is 5.10 Å². The maximum atomic E-state index is 12.9. The maximum Gasteiger partial charge on any atom is 0.240 e. The highest BCUT2D eigenvalue weighted by Crippen LogP contribution is 2.29. The van der Waals surface area contributed by atoms with E-state index in [1.165, 1.54) is 23.0 Å². The van der Waals surface area contributed by atoms with Crippen molar-refractivity contribution in [1.82, 2.24) is 10.4 Å². The molecule has 32 heavy (non-hydrogen) atoms. The summed E-state index contributed by atoms with van der Waals surface area (Å²) in [5, 5.41) is 3.93. The van der Waals surface area contributed by atoms with Gasteiger partial charge in [-0.3, -0.25) is 4.79 Å². The minimum Gasteiger partial charge on any atom is -0.486 e. The molecule has 6 nitrogen and oxygen atoms in total. The number of hydrogen-bond acceptors (Lipinski definition) is 7. The molecule has 0 saturated carbocycles. The van der Waals surface area contributed by atoms with Crippen molar-refractivity contribution in [3.05, 3.63) is 78.0 Å². The number of nitrogens with zero attached hydrogens (tertiary/aromatic N) is 2. The Morgan fingerprint density at radius 1 is 1.19 bits per heavy atom. The number of hydrogen-bond donors (Lipinski definition) is 1. The number of amides is 1. The van der Waals surface area contributed by atoms with Gasteiger partial charge >= 0.3 is 0 Å². The second-order valence-corrected chi connectivity index (χ2v) is 9.11. The largest absolute Gasteiger partial charge is 0.486 e. The Morgan fingerprint density at radius 2 is 2.03 bits per heavy atom. The van der Waals surface area contributed by atoms with E-state index in [-0.39, 0.29) is 18.3 Å². The molecule has 0 saturated heterocycles. The minimum absolute atomic E-state index is 0.155. The molecule has 1 N–H and O–H groups in total. The Balaban J connectivity index is 1.14. The predicted molar refractivity (Wildman–Crippen MR) is 125 cm³/mol. The number of para-hydroxylation sites is 1. The van der Waals surface area contributed by atoms with Crippen LogP contribution in [0.25, 0.3) is 10.2 Å². The third kappa shape index (κ3) is 6.41.